The molecular weight excluding hydrogens is 218 g/mol. The van der Waals surface area contributed by atoms with Crippen LogP contribution in [0, 0.1) is 0 Å². The van der Waals surface area contributed by atoms with Gasteiger partial charge in [0.25, 0.3) is 0 Å². The fourth-order valence-electron chi connectivity index (χ4n) is 1.68. The Bertz CT molecular complexity index is 340. The van der Waals surface area contributed by atoms with Gasteiger partial charge in [-0.25, -0.2) is 0 Å². The van der Waals surface area contributed by atoms with Crippen molar-refractivity contribution in [3.63, 3.8) is 0 Å². The lowest BCUT2D eigenvalue weighted by molar-refractivity contribution is 0.455. The standard InChI is InChI=1S/C12H14ClN.C2H6/c1-10-4-6-11(13)12(7-5-10)14-8-2-3-9-14;1-2/h2-5,7H,6,8-9H2,1H3;1-2H3. The topological polar surface area (TPSA) is 3.24 Å². The maximum atomic E-state index is 6.25. The van der Waals surface area contributed by atoms with Crippen LogP contribution >= 0.6 is 11.6 Å². The predicted molar refractivity (Wildman–Crippen MR) is 72.5 cm³/mol. The molecule has 1 aliphatic carbocycles. The summed E-state index contributed by atoms with van der Waals surface area (Å²) in [4.78, 5) is 2.28. The number of allylic oxidation sites excluding steroid dienone is 5. The lowest BCUT2D eigenvalue weighted by Gasteiger charge is -2.19. The zero-order chi connectivity index (χ0) is 12.0. The largest absolute Gasteiger partial charge is 0.363 e. The van der Waals surface area contributed by atoms with Crippen molar-refractivity contribution in [1.82, 2.24) is 4.90 Å². The molecule has 1 nitrogen and oxygen atoms in total. The highest BCUT2D eigenvalue weighted by Gasteiger charge is 2.13. The van der Waals surface area contributed by atoms with Crippen LogP contribution in [0.4, 0.5) is 0 Å². The summed E-state index contributed by atoms with van der Waals surface area (Å²) in [7, 11) is 0. The highest BCUT2D eigenvalue weighted by atomic mass is 35.5. The van der Waals surface area contributed by atoms with Gasteiger partial charge in [0.05, 0.1) is 5.70 Å². The van der Waals surface area contributed by atoms with Crippen LogP contribution in [0.3, 0.4) is 0 Å². The summed E-state index contributed by atoms with van der Waals surface area (Å²) in [6, 6.07) is 0. The second kappa shape index (κ2) is 6.59. The fourth-order valence-corrected chi connectivity index (χ4v) is 1.94. The van der Waals surface area contributed by atoms with Crippen molar-refractivity contribution in [2.75, 3.05) is 13.1 Å². The zero-order valence-electron chi connectivity index (χ0n) is 10.3. The quantitative estimate of drug-likeness (QED) is 0.617. The van der Waals surface area contributed by atoms with Gasteiger partial charge in [-0.15, -0.1) is 0 Å². The van der Waals surface area contributed by atoms with E-state index in [2.05, 4.69) is 42.2 Å². The fraction of sp³-hybridized carbons (Fsp3) is 0.429. The molecule has 1 heterocycles. The van der Waals surface area contributed by atoms with Crippen molar-refractivity contribution < 1.29 is 0 Å². The molecule has 0 radical (unpaired) electrons. The third-order valence-corrected chi connectivity index (χ3v) is 2.89. The summed E-state index contributed by atoms with van der Waals surface area (Å²) in [5.41, 5.74) is 2.45. The van der Waals surface area contributed by atoms with Gasteiger partial charge >= 0.3 is 0 Å². The number of nitrogens with zero attached hydrogens (tertiary/aromatic N) is 1. The molecule has 2 aliphatic rings. The molecule has 0 spiro atoms. The van der Waals surface area contributed by atoms with Crippen LogP contribution in [0.2, 0.25) is 0 Å². The van der Waals surface area contributed by atoms with Gasteiger partial charge in [-0.05, 0) is 13.0 Å². The van der Waals surface area contributed by atoms with Crippen LogP contribution in [0.1, 0.15) is 27.2 Å². The van der Waals surface area contributed by atoms with Crippen molar-refractivity contribution >= 4 is 11.6 Å². The molecule has 2 rings (SSSR count). The molecule has 2 heteroatoms. The number of hydrogen-bond donors (Lipinski definition) is 0. The third kappa shape index (κ3) is 3.28. The average Bonchev–Trinajstić information content (AvgIpc) is 2.77. The molecule has 1 aliphatic heterocycles. The zero-order valence-corrected chi connectivity index (χ0v) is 11.1. The van der Waals surface area contributed by atoms with Crippen LogP contribution in [-0.2, 0) is 0 Å². The Hall–Kier alpha value is -0.950. The molecule has 0 saturated carbocycles. The molecule has 0 N–H and O–H groups in total. The molecular formula is C14H20ClN. The van der Waals surface area contributed by atoms with Gasteiger partial charge in [-0.2, -0.15) is 0 Å². The van der Waals surface area contributed by atoms with E-state index in [9.17, 15) is 0 Å². The summed E-state index contributed by atoms with van der Waals surface area (Å²) in [6.45, 7) is 8.07. The van der Waals surface area contributed by atoms with Gasteiger partial charge in [-0.3, -0.25) is 0 Å². The number of hydrogen-bond acceptors (Lipinski definition) is 1. The average molecular weight is 238 g/mol. The van der Waals surface area contributed by atoms with E-state index in [1.807, 2.05) is 13.8 Å². The Morgan fingerprint density at radius 2 is 1.75 bits per heavy atom. The first-order valence-corrected chi connectivity index (χ1v) is 6.28. The summed E-state index contributed by atoms with van der Waals surface area (Å²) < 4.78 is 0. The molecule has 0 aromatic carbocycles. The van der Waals surface area contributed by atoms with Crippen molar-refractivity contribution in [3.8, 4) is 0 Å². The molecule has 0 aromatic heterocycles. The Balaban J connectivity index is 0.000000606. The molecule has 0 unspecified atom stereocenters. The van der Waals surface area contributed by atoms with Crippen LogP contribution < -0.4 is 0 Å². The predicted octanol–water partition coefficient (Wildman–Crippen LogP) is 4.24. The van der Waals surface area contributed by atoms with E-state index in [1.54, 1.807) is 0 Å². The van der Waals surface area contributed by atoms with Crippen LogP contribution in [0.15, 0.2) is 46.7 Å². The van der Waals surface area contributed by atoms with Gasteiger partial charge in [-0.1, -0.05) is 55.3 Å². The van der Waals surface area contributed by atoms with E-state index in [4.69, 9.17) is 11.6 Å². The van der Waals surface area contributed by atoms with Crippen molar-refractivity contribution in [2.24, 2.45) is 0 Å². The van der Waals surface area contributed by atoms with Crippen LogP contribution in [0.5, 0.6) is 0 Å². The number of halogens is 1. The van der Waals surface area contributed by atoms with E-state index < -0.39 is 0 Å². The minimum atomic E-state index is 0.853. The molecule has 0 fully saturated rings. The van der Waals surface area contributed by atoms with E-state index in [0.29, 0.717) is 0 Å². The van der Waals surface area contributed by atoms with Gasteiger partial charge in [0.15, 0.2) is 0 Å². The van der Waals surface area contributed by atoms with Crippen LogP contribution in [0.25, 0.3) is 0 Å². The monoisotopic (exact) mass is 237 g/mol. The molecule has 0 saturated heterocycles. The molecule has 0 amide bonds. The molecule has 0 atom stereocenters. The highest BCUT2D eigenvalue weighted by Crippen LogP contribution is 2.24. The highest BCUT2D eigenvalue weighted by molar-refractivity contribution is 6.30. The minimum absolute atomic E-state index is 0.853. The molecule has 16 heavy (non-hydrogen) atoms. The maximum Gasteiger partial charge on any atom is 0.0522 e. The van der Waals surface area contributed by atoms with Crippen molar-refractivity contribution in [3.05, 3.63) is 46.7 Å². The molecule has 88 valence electrons. The Morgan fingerprint density at radius 1 is 1.12 bits per heavy atom. The van der Waals surface area contributed by atoms with Gasteiger partial charge in [0.2, 0.25) is 0 Å². The van der Waals surface area contributed by atoms with Gasteiger partial charge in [0, 0.05) is 24.5 Å². The summed E-state index contributed by atoms with van der Waals surface area (Å²) in [6.07, 6.45) is 11.6. The first-order chi connectivity index (χ1) is 7.77. The first-order valence-electron chi connectivity index (χ1n) is 5.91. The summed E-state index contributed by atoms with van der Waals surface area (Å²) in [5.74, 6) is 0. The maximum absolute atomic E-state index is 6.25. The lowest BCUT2D eigenvalue weighted by Crippen LogP contribution is -2.18. The van der Waals surface area contributed by atoms with Gasteiger partial charge in [0.1, 0.15) is 0 Å². The summed E-state index contributed by atoms with van der Waals surface area (Å²) in [5, 5.41) is 0.946. The Kier molecular flexibility index (Phi) is 5.41. The van der Waals surface area contributed by atoms with E-state index in [-0.39, 0.29) is 0 Å². The second-order valence-corrected chi connectivity index (χ2v) is 4.11. The normalized spacial score (nSPS) is 19.2. The SMILES string of the molecule is CC.CC1=CCC(Cl)=C(N2CC=CC2)C=C1. The first kappa shape index (κ1) is 13.1. The lowest BCUT2D eigenvalue weighted by atomic mass is 10.2. The molecule has 0 bridgehead atoms. The smallest absolute Gasteiger partial charge is 0.0522 e. The van der Waals surface area contributed by atoms with E-state index in [1.165, 1.54) is 11.3 Å². The minimum Gasteiger partial charge on any atom is -0.363 e. The molecule has 0 aromatic rings. The second-order valence-electron chi connectivity index (χ2n) is 3.65. The Morgan fingerprint density at radius 3 is 2.38 bits per heavy atom. The van der Waals surface area contributed by atoms with E-state index >= 15 is 0 Å². The van der Waals surface area contributed by atoms with E-state index in [0.717, 1.165) is 24.5 Å². The third-order valence-electron chi connectivity index (χ3n) is 2.54. The van der Waals surface area contributed by atoms with Crippen molar-refractivity contribution in [2.45, 2.75) is 27.2 Å². The number of rotatable bonds is 1. The van der Waals surface area contributed by atoms with Crippen molar-refractivity contribution in [1.29, 1.82) is 0 Å². The summed E-state index contributed by atoms with van der Waals surface area (Å²) >= 11 is 6.25. The van der Waals surface area contributed by atoms with Crippen LogP contribution in [-0.4, -0.2) is 18.0 Å². The van der Waals surface area contributed by atoms with Gasteiger partial charge < -0.3 is 4.90 Å². The Labute approximate surface area is 104 Å².